The maximum Gasteiger partial charge on any atom is 0.344 e. The van der Waals surface area contributed by atoms with E-state index >= 15 is 0 Å². The number of imidazole rings is 2. The van der Waals surface area contributed by atoms with Gasteiger partial charge in [-0.25, -0.2) is 19.6 Å². The molecular weight excluding hydrogens is 757 g/mol. The maximum absolute atomic E-state index is 13.3. The molecule has 13 nitrogen and oxygen atoms in total. The summed E-state index contributed by atoms with van der Waals surface area (Å²) in [5.74, 6) is 2.05. The Bertz CT molecular complexity index is 2400. The lowest BCUT2D eigenvalue weighted by atomic mass is 10.0. The molecule has 0 amide bonds. The summed E-state index contributed by atoms with van der Waals surface area (Å²) in [7, 11) is 0. The molecule has 4 aromatic heterocycles. The summed E-state index contributed by atoms with van der Waals surface area (Å²) in [6, 6.07) is 16.9. The van der Waals surface area contributed by atoms with Crippen LogP contribution in [0.4, 0.5) is 0 Å². The number of nitrogens with one attached hydrogen (secondary N) is 2. The Balaban J connectivity index is 0.809. The van der Waals surface area contributed by atoms with E-state index in [9.17, 15) is 14.1 Å². The smallest absolute Gasteiger partial charge is 0.344 e. The van der Waals surface area contributed by atoms with Crippen LogP contribution in [0.1, 0.15) is 80.5 Å². The van der Waals surface area contributed by atoms with Crippen LogP contribution >= 0.6 is 11.8 Å². The van der Waals surface area contributed by atoms with Crippen molar-refractivity contribution in [3.63, 3.8) is 0 Å². The lowest BCUT2D eigenvalue weighted by molar-refractivity contribution is 0.312. The van der Waals surface area contributed by atoms with Gasteiger partial charge in [-0.2, -0.15) is 9.97 Å². The topological polar surface area (TPSA) is 157 Å². The molecule has 2 saturated heterocycles. The number of aromatic nitrogens is 8. The molecule has 2 aliphatic rings. The number of nitrogens with zero attached hydrogens (tertiary/aromatic N) is 8. The molecule has 0 spiro atoms. The molecule has 6 heterocycles. The van der Waals surface area contributed by atoms with Gasteiger partial charge in [0.05, 0.1) is 25.5 Å². The van der Waals surface area contributed by atoms with Crippen LogP contribution in [0.5, 0.6) is 0 Å². The van der Waals surface area contributed by atoms with Crippen molar-refractivity contribution >= 4 is 45.3 Å². The van der Waals surface area contributed by atoms with Crippen molar-refractivity contribution in [2.24, 2.45) is 5.92 Å². The monoisotopic (exact) mass is 808 g/mol. The normalized spacial score (nSPS) is 17.1. The van der Waals surface area contributed by atoms with Crippen molar-refractivity contribution in [1.82, 2.24) is 48.8 Å². The van der Waals surface area contributed by atoms with E-state index in [0.29, 0.717) is 52.2 Å². The van der Waals surface area contributed by atoms with Crippen molar-refractivity contribution in [1.29, 1.82) is 0 Å². The molecule has 6 aromatic rings. The first-order valence-corrected chi connectivity index (χ1v) is 22.7. The van der Waals surface area contributed by atoms with E-state index in [2.05, 4.69) is 84.1 Å². The van der Waals surface area contributed by atoms with Crippen molar-refractivity contribution in [3.8, 4) is 0 Å². The van der Waals surface area contributed by atoms with Crippen LogP contribution in [0, 0.1) is 5.92 Å². The number of hydrogen-bond acceptors (Lipinski definition) is 10. The number of thioether (sulfide) groups is 1. The fraction of sp³-hybridized carbons (Fsp3) is 0.476. The van der Waals surface area contributed by atoms with Crippen molar-refractivity contribution in [3.05, 3.63) is 104 Å². The minimum absolute atomic E-state index is 0.174. The zero-order valence-corrected chi connectivity index (χ0v) is 34.3. The zero-order chi connectivity index (χ0) is 39.1. The number of likely N-dealkylation sites (tertiary alicyclic amines) is 2. The van der Waals surface area contributed by atoms with Gasteiger partial charge in [-0.1, -0.05) is 73.6 Å². The summed E-state index contributed by atoms with van der Waals surface area (Å²) in [4.78, 5) is 54.8. The van der Waals surface area contributed by atoms with Gasteiger partial charge in [0.25, 0.3) is 0 Å². The van der Waals surface area contributed by atoms with Crippen LogP contribution in [0.25, 0.3) is 22.3 Å². The lowest BCUT2D eigenvalue weighted by Gasteiger charge is -2.17. The van der Waals surface area contributed by atoms with Crippen LogP contribution in [-0.2, 0) is 37.4 Å². The molecule has 57 heavy (non-hydrogen) atoms. The Morgan fingerprint density at radius 3 is 2.05 bits per heavy atom. The fourth-order valence-electron chi connectivity index (χ4n) is 8.16. The highest BCUT2D eigenvalue weighted by molar-refractivity contribution is 7.99. The van der Waals surface area contributed by atoms with Gasteiger partial charge in [-0.3, -0.25) is 18.9 Å². The van der Waals surface area contributed by atoms with Crippen molar-refractivity contribution < 1.29 is 4.55 Å². The second kappa shape index (κ2) is 18.5. The highest BCUT2D eigenvalue weighted by Gasteiger charge is 2.24. The van der Waals surface area contributed by atoms with Crippen LogP contribution in [-0.4, -0.2) is 91.1 Å². The first-order chi connectivity index (χ1) is 27.9. The van der Waals surface area contributed by atoms with Gasteiger partial charge in [0.2, 0.25) is 0 Å². The first kappa shape index (κ1) is 39.5. The second-order valence-corrected chi connectivity index (χ2v) is 18.1. The van der Waals surface area contributed by atoms with E-state index in [1.165, 1.54) is 24.0 Å². The molecule has 15 heteroatoms. The third-order valence-electron chi connectivity index (χ3n) is 11.1. The number of rotatable bonds is 18. The van der Waals surface area contributed by atoms with Gasteiger partial charge in [0.15, 0.2) is 16.5 Å². The van der Waals surface area contributed by atoms with Crippen molar-refractivity contribution in [2.75, 3.05) is 37.7 Å². The summed E-state index contributed by atoms with van der Waals surface area (Å²) in [6.45, 7) is 9.15. The quantitative estimate of drug-likeness (QED) is 0.0462. The summed E-state index contributed by atoms with van der Waals surface area (Å²) in [6.07, 6.45) is 12.1. The van der Waals surface area contributed by atoms with Gasteiger partial charge >= 0.3 is 16.5 Å². The maximum atomic E-state index is 13.3. The molecule has 0 aliphatic carbocycles. The summed E-state index contributed by atoms with van der Waals surface area (Å²) >= 11 is 0.274. The molecule has 2 atom stereocenters. The molecule has 8 rings (SSSR count). The van der Waals surface area contributed by atoms with Crippen molar-refractivity contribution in [2.45, 2.75) is 94.8 Å². The minimum Gasteiger partial charge on any atom is -0.609 e. The van der Waals surface area contributed by atoms with Crippen LogP contribution in [0.3, 0.4) is 0 Å². The predicted octanol–water partition coefficient (Wildman–Crippen LogP) is 5.94. The Hall–Kier alpha value is -4.28. The van der Waals surface area contributed by atoms with Crippen LogP contribution in [0.15, 0.2) is 80.8 Å². The molecule has 2 unspecified atom stereocenters. The molecule has 0 radical (unpaired) electrons. The number of hydrogen-bond donors (Lipinski definition) is 2. The number of aromatic amines is 2. The van der Waals surface area contributed by atoms with Gasteiger partial charge in [0.1, 0.15) is 16.8 Å². The van der Waals surface area contributed by atoms with Gasteiger partial charge in [0, 0.05) is 36.6 Å². The predicted molar refractivity (Wildman–Crippen MR) is 226 cm³/mol. The van der Waals surface area contributed by atoms with E-state index in [1.54, 1.807) is 33.3 Å². The Morgan fingerprint density at radius 1 is 0.772 bits per heavy atom. The third kappa shape index (κ3) is 9.89. The Labute approximate surface area is 339 Å². The lowest BCUT2D eigenvalue weighted by Crippen LogP contribution is -2.21. The molecule has 0 saturated carbocycles. The number of H-pyrrole nitrogens is 2. The van der Waals surface area contributed by atoms with Crippen LogP contribution in [0.2, 0.25) is 0 Å². The fourth-order valence-corrected chi connectivity index (χ4v) is 10.1. The average molecular weight is 809 g/mol. The van der Waals surface area contributed by atoms with E-state index in [1.807, 2.05) is 6.07 Å². The van der Waals surface area contributed by atoms with E-state index in [-0.39, 0.29) is 16.5 Å². The van der Waals surface area contributed by atoms with E-state index in [4.69, 9.17) is 4.98 Å². The van der Waals surface area contributed by atoms with Gasteiger partial charge in [-0.05, 0) is 92.8 Å². The largest absolute Gasteiger partial charge is 0.609 e. The second-order valence-electron chi connectivity index (χ2n) is 15.6. The summed E-state index contributed by atoms with van der Waals surface area (Å²) in [5.41, 5.74) is 6.52. The highest BCUT2D eigenvalue weighted by atomic mass is 32.2. The standard InChI is InChI=1S/C42H52N10O3S2/c1-2-3-19-56-39-43-23-35-37(47-39)51(41(53)45-35)28-34-14-9-12-32(22-34)27-50-18-15-30(25-50)10-4-7-20-57(55)40-44-24-36-38(48-40)52(42(54)46-36)29-33-13-8-11-31(21-33)26-49-16-5-6-17-49/h8-9,11-14,21-24,30H,2-7,10,15-20,25-29H2,1H3,(H,45,53)(H,46,54). The number of unbranched alkanes of at least 4 members (excludes halogenated alkanes) is 2. The molecule has 0 bridgehead atoms. The molecule has 2 aromatic carbocycles. The summed E-state index contributed by atoms with van der Waals surface area (Å²) in [5, 5.41) is 0.979. The third-order valence-corrected chi connectivity index (χ3v) is 13.4. The van der Waals surface area contributed by atoms with E-state index in [0.717, 1.165) is 94.7 Å². The highest BCUT2D eigenvalue weighted by Crippen LogP contribution is 2.25. The molecular formula is C42H52N10O3S2. The summed E-state index contributed by atoms with van der Waals surface area (Å²) < 4.78 is 16.7. The Morgan fingerprint density at radius 2 is 1.39 bits per heavy atom. The van der Waals surface area contributed by atoms with E-state index < -0.39 is 11.2 Å². The minimum atomic E-state index is -1.35. The number of fused-ring (bicyclic) bond motifs is 2. The van der Waals surface area contributed by atoms with Gasteiger partial charge < -0.3 is 14.5 Å². The SMILES string of the molecule is CCCCSc1ncc2[nH]c(=O)n(Cc3cccc(CN4CCC(CCCC[S+]([O-])c5ncc6[nH]c(=O)n(Cc7cccc(CN8CCCC8)c7)c6n5)C4)c3)c2n1. The molecule has 2 N–H and O–H groups in total. The molecule has 2 fully saturated rings. The number of benzene rings is 2. The van der Waals surface area contributed by atoms with Gasteiger partial charge in [-0.15, -0.1) is 0 Å². The zero-order valence-electron chi connectivity index (χ0n) is 32.7. The molecule has 300 valence electrons. The molecule has 2 aliphatic heterocycles. The van der Waals surface area contributed by atoms with Crippen LogP contribution < -0.4 is 11.4 Å². The first-order valence-electron chi connectivity index (χ1n) is 20.4. The average Bonchev–Trinajstić information content (AvgIpc) is 4.02. The Kier molecular flexibility index (Phi) is 12.9.